The molecule has 0 aliphatic rings. The van der Waals surface area contributed by atoms with Crippen LogP contribution in [-0.4, -0.2) is 22.1 Å². The summed E-state index contributed by atoms with van der Waals surface area (Å²) in [5.41, 5.74) is 1.13. The molecule has 4 heteroatoms. The van der Waals surface area contributed by atoms with Crippen LogP contribution in [0.3, 0.4) is 0 Å². The number of aromatic carboxylic acids is 1. The number of nitrogens with zero attached hydrogens (tertiary/aromatic N) is 1. The number of rotatable bonds is 9. The van der Waals surface area contributed by atoms with Crippen molar-refractivity contribution in [2.24, 2.45) is 0 Å². The number of carbonyl (C=O) groups is 1. The van der Waals surface area contributed by atoms with Gasteiger partial charge in [-0.05, 0) is 25.0 Å². The van der Waals surface area contributed by atoms with Crippen LogP contribution in [0.2, 0.25) is 0 Å². The topological polar surface area (TPSA) is 62.2 Å². The number of hydrogen-bond donors (Lipinski definition) is 2. The molecule has 19 heavy (non-hydrogen) atoms. The molecule has 1 aromatic rings. The Labute approximate surface area is 115 Å². The van der Waals surface area contributed by atoms with Gasteiger partial charge in [-0.2, -0.15) is 0 Å². The summed E-state index contributed by atoms with van der Waals surface area (Å²) in [6.07, 6.45) is 7.41. The molecule has 0 aliphatic heterocycles. The monoisotopic (exact) mass is 264 g/mol. The molecule has 1 aromatic heterocycles. The van der Waals surface area contributed by atoms with Gasteiger partial charge in [0, 0.05) is 18.8 Å². The van der Waals surface area contributed by atoms with Crippen molar-refractivity contribution < 1.29 is 9.90 Å². The van der Waals surface area contributed by atoms with E-state index in [4.69, 9.17) is 5.11 Å². The fourth-order valence-electron chi connectivity index (χ4n) is 2.05. The van der Waals surface area contributed by atoms with E-state index in [0.29, 0.717) is 12.6 Å². The standard InChI is InChI=1S/C15H24N2O2/c1-3-5-7-13(6-4-2)17-11-14-9-8-12(10-16-14)15(18)19/h8-10,13,17H,3-7,11H2,1-2H3,(H,18,19). The molecule has 0 saturated heterocycles. The highest BCUT2D eigenvalue weighted by atomic mass is 16.4. The molecule has 1 unspecified atom stereocenters. The molecular weight excluding hydrogens is 240 g/mol. The van der Waals surface area contributed by atoms with Gasteiger partial charge < -0.3 is 10.4 Å². The summed E-state index contributed by atoms with van der Waals surface area (Å²) in [7, 11) is 0. The summed E-state index contributed by atoms with van der Waals surface area (Å²) in [5.74, 6) is -0.932. The Bertz CT molecular complexity index is 376. The third kappa shape index (κ3) is 5.83. The van der Waals surface area contributed by atoms with Crippen molar-refractivity contribution in [3.63, 3.8) is 0 Å². The van der Waals surface area contributed by atoms with Crippen LogP contribution < -0.4 is 5.32 Å². The van der Waals surface area contributed by atoms with E-state index in [1.807, 2.05) is 0 Å². The van der Waals surface area contributed by atoms with Crippen molar-refractivity contribution in [2.45, 2.75) is 58.5 Å². The zero-order chi connectivity index (χ0) is 14.1. The van der Waals surface area contributed by atoms with Gasteiger partial charge in [0.1, 0.15) is 0 Å². The maximum Gasteiger partial charge on any atom is 0.337 e. The summed E-state index contributed by atoms with van der Waals surface area (Å²) in [6.45, 7) is 5.10. The Balaban J connectivity index is 2.46. The molecule has 106 valence electrons. The fraction of sp³-hybridized carbons (Fsp3) is 0.600. The molecule has 1 rings (SSSR count). The molecular formula is C15H24N2O2. The van der Waals surface area contributed by atoms with Gasteiger partial charge in [-0.3, -0.25) is 4.98 Å². The molecule has 4 nitrogen and oxygen atoms in total. The molecule has 0 aliphatic carbocycles. The van der Waals surface area contributed by atoms with Crippen LogP contribution in [0.15, 0.2) is 18.3 Å². The van der Waals surface area contributed by atoms with Gasteiger partial charge in [0.25, 0.3) is 0 Å². The second-order valence-corrected chi connectivity index (χ2v) is 4.85. The minimum absolute atomic E-state index is 0.236. The largest absolute Gasteiger partial charge is 0.478 e. The summed E-state index contributed by atoms with van der Waals surface area (Å²) in [6, 6.07) is 3.91. The van der Waals surface area contributed by atoms with Crippen LogP contribution >= 0.6 is 0 Å². The van der Waals surface area contributed by atoms with E-state index >= 15 is 0 Å². The summed E-state index contributed by atoms with van der Waals surface area (Å²) < 4.78 is 0. The third-order valence-electron chi connectivity index (χ3n) is 3.19. The van der Waals surface area contributed by atoms with Crippen molar-refractivity contribution in [2.75, 3.05) is 0 Å². The van der Waals surface area contributed by atoms with Crippen molar-refractivity contribution >= 4 is 5.97 Å². The van der Waals surface area contributed by atoms with Crippen LogP contribution in [0, 0.1) is 0 Å². The number of unbranched alkanes of at least 4 members (excludes halogenated alkanes) is 1. The van der Waals surface area contributed by atoms with Crippen LogP contribution in [-0.2, 0) is 6.54 Å². The van der Waals surface area contributed by atoms with Crippen LogP contribution in [0.25, 0.3) is 0 Å². The van der Waals surface area contributed by atoms with Crippen LogP contribution in [0.5, 0.6) is 0 Å². The Kier molecular flexibility index (Phi) is 7.11. The number of hydrogen-bond acceptors (Lipinski definition) is 3. The molecule has 0 saturated carbocycles. The lowest BCUT2D eigenvalue weighted by Gasteiger charge is -2.17. The van der Waals surface area contributed by atoms with Crippen LogP contribution in [0.4, 0.5) is 0 Å². The number of aromatic nitrogens is 1. The van der Waals surface area contributed by atoms with E-state index in [0.717, 1.165) is 5.69 Å². The van der Waals surface area contributed by atoms with Gasteiger partial charge in [0.2, 0.25) is 0 Å². The Morgan fingerprint density at radius 3 is 2.63 bits per heavy atom. The lowest BCUT2D eigenvalue weighted by molar-refractivity contribution is 0.0696. The Hall–Kier alpha value is -1.42. The molecule has 0 spiro atoms. The highest BCUT2D eigenvalue weighted by molar-refractivity contribution is 5.87. The van der Waals surface area contributed by atoms with Crippen molar-refractivity contribution in [3.05, 3.63) is 29.6 Å². The predicted molar refractivity (Wildman–Crippen MR) is 76.3 cm³/mol. The highest BCUT2D eigenvalue weighted by Crippen LogP contribution is 2.08. The Morgan fingerprint density at radius 1 is 1.32 bits per heavy atom. The lowest BCUT2D eigenvalue weighted by Crippen LogP contribution is -2.28. The van der Waals surface area contributed by atoms with Gasteiger partial charge in [-0.15, -0.1) is 0 Å². The first kappa shape index (κ1) is 15.6. The molecule has 2 N–H and O–H groups in total. The van der Waals surface area contributed by atoms with Gasteiger partial charge >= 0.3 is 5.97 Å². The summed E-state index contributed by atoms with van der Waals surface area (Å²) in [5, 5.41) is 12.3. The van der Waals surface area contributed by atoms with Gasteiger partial charge in [-0.25, -0.2) is 4.79 Å². The molecule has 0 amide bonds. The number of pyridine rings is 1. The first-order valence-electron chi connectivity index (χ1n) is 7.09. The smallest absolute Gasteiger partial charge is 0.337 e. The summed E-state index contributed by atoms with van der Waals surface area (Å²) in [4.78, 5) is 14.9. The van der Waals surface area contributed by atoms with Crippen molar-refractivity contribution in [1.82, 2.24) is 10.3 Å². The van der Waals surface area contributed by atoms with E-state index in [1.165, 1.54) is 38.3 Å². The average Bonchev–Trinajstić information content (AvgIpc) is 2.42. The molecule has 0 fully saturated rings. The van der Waals surface area contributed by atoms with E-state index in [9.17, 15) is 4.79 Å². The first-order valence-corrected chi connectivity index (χ1v) is 7.09. The molecule has 1 heterocycles. The van der Waals surface area contributed by atoms with Crippen LogP contribution in [0.1, 0.15) is 62.0 Å². The normalized spacial score (nSPS) is 12.3. The van der Waals surface area contributed by atoms with E-state index in [1.54, 1.807) is 12.1 Å². The fourth-order valence-corrected chi connectivity index (χ4v) is 2.05. The van der Waals surface area contributed by atoms with Gasteiger partial charge in [-0.1, -0.05) is 33.1 Å². The van der Waals surface area contributed by atoms with Gasteiger partial charge in [0.05, 0.1) is 11.3 Å². The van der Waals surface area contributed by atoms with E-state index < -0.39 is 5.97 Å². The van der Waals surface area contributed by atoms with Crippen molar-refractivity contribution in [1.29, 1.82) is 0 Å². The Morgan fingerprint density at radius 2 is 2.11 bits per heavy atom. The molecule has 0 radical (unpaired) electrons. The highest BCUT2D eigenvalue weighted by Gasteiger charge is 2.07. The summed E-state index contributed by atoms with van der Waals surface area (Å²) >= 11 is 0. The van der Waals surface area contributed by atoms with Crippen molar-refractivity contribution in [3.8, 4) is 0 Å². The van der Waals surface area contributed by atoms with E-state index in [2.05, 4.69) is 24.1 Å². The second kappa shape index (κ2) is 8.64. The number of carboxylic acids is 1. The third-order valence-corrected chi connectivity index (χ3v) is 3.19. The molecule has 1 atom stereocenters. The first-order chi connectivity index (χ1) is 9.17. The zero-order valence-corrected chi connectivity index (χ0v) is 11.9. The quantitative estimate of drug-likeness (QED) is 0.719. The predicted octanol–water partition coefficient (Wildman–Crippen LogP) is 3.23. The molecule has 0 aromatic carbocycles. The lowest BCUT2D eigenvalue weighted by atomic mass is 10.1. The number of carboxylic acid groups (broad SMARTS) is 1. The minimum Gasteiger partial charge on any atom is -0.478 e. The second-order valence-electron chi connectivity index (χ2n) is 4.85. The van der Waals surface area contributed by atoms with E-state index in [-0.39, 0.29) is 5.56 Å². The maximum absolute atomic E-state index is 10.7. The minimum atomic E-state index is -0.932. The van der Waals surface area contributed by atoms with Gasteiger partial charge in [0.15, 0.2) is 0 Å². The zero-order valence-electron chi connectivity index (χ0n) is 11.9. The average molecular weight is 264 g/mol. The number of nitrogens with one attached hydrogen (secondary N) is 1. The SMILES string of the molecule is CCCCC(CCC)NCc1ccc(C(=O)O)cn1. The maximum atomic E-state index is 10.7. The molecule has 0 bridgehead atoms.